The monoisotopic (exact) mass is 494 g/mol. The van der Waals surface area contributed by atoms with Crippen LogP contribution in [0.25, 0.3) is 17.0 Å². The van der Waals surface area contributed by atoms with Crippen LogP contribution in [0.15, 0.2) is 89.1 Å². The van der Waals surface area contributed by atoms with Gasteiger partial charge < -0.3 is 14.6 Å². The predicted octanol–water partition coefficient (Wildman–Crippen LogP) is 6.18. The summed E-state index contributed by atoms with van der Waals surface area (Å²) in [6.45, 7) is 4.55. The van der Waals surface area contributed by atoms with E-state index in [1.807, 2.05) is 80.6 Å². The Bertz CT molecular complexity index is 1410. The van der Waals surface area contributed by atoms with Crippen LogP contribution in [0.5, 0.6) is 5.75 Å². The summed E-state index contributed by atoms with van der Waals surface area (Å²) in [6.07, 6.45) is 1.70. The lowest BCUT2D eigenvalue weighted by Crippen LogP contribution is -2.46. The van der Waals surface area contributed by atoms with Crippen LogP contribution in [-0.4, -0.2) is 34.7 Å². The van der Waals surface area contributed by atoms with Gasteiger partial charge in [-0.05, 0) is 49.9 Å². The highest BCUT2D eigenvalue weighted by Gasteiger charge is 2.35. The van der Waals surface area contributed by atoms with E-state index in [4.69, 9.17) is 14.2 Å². The van der Waals surface area contributed by atoms with Crippen molar-refractivity contribution in [3.8, 4) is 17.1 Å². The van der Waals surface area contributed by atoms with Crippen molar-refractivity contribution in [2.24, 2.45) is 0 Å². The molecule has 0 radical (unpaired) electrons. The van der Waals surface area contributed by atoms with E-state index in [9.17, 15) is 4.79 Å². The number of aryl methyl sites for hydroxylation is 2. The maximum Gasteiger partial charge on any atom is 0.322 e. The van der Waals surface area contributed by atoms with Crippen LogP contribution in [0.3, 0.4) is 0 Å². The summed E-state index contributed by atoms with van der Waals surface area (Å²) in [5.74, 6) is 1.60. The van der Waals surface area contributed by atoms with Gasteiger partial charge in [-0.15, -0.1) is 0 Å². The zero-order valence-corrected chi connectivity index (χ0v) is 21.3. The van der Waals surface area contributed by atoms with E-state index >= 15 is 0 Å². The molecule has 3 aromatic carbocycles. The number of urea groups is 1. The molecule has 0 fully saturated rings. The SMILES string of the molecule is COc1cccc(C2NC(=O)N(CCCc3ccccc3)C(C)=C2c2nc(-c3ccc(C)cc3)no2)c1. The molecule has 7 nitrogen and oxygen atoms in total. The molecule has 1 aliphatic heterocycles. The first kappa shape index (κ1) is 24.3. The third-order valence-corrected chi connectivity index (χ3v) is 6.68. The molecule has 1 N–H and O–H groups in total. The Balaban J connectivity index is 1.50. The number of amides is 2. The summed E-state index contributed by atoms with van der Waals surface area (Å²) in [4.78, 5) is 19.8. The normalized spacial score (nSPS) is 15.6. The van der Waals surface area contributed by atoms with Crippen molar-refractivity contribution in [1.29, 1.82) is 0 Å². The van der Waals surface area contributed by atoms with E-state index in [0.717, 1.165) is 40.8 Å². The zero-order chi connectivity index (χ0) is 25.8. The molecule has 1 atom stereocenters. The van der Waals surface area contributed by atoms with Gasteiger partial charge in [-0.3, -0.25) is 4.90 Å². The van der Waals surface area contributed by atoms with Gasteiger partial charge in [-0.25, -0.2) is 4.79 Å². The minimum atomic E-state index is -0.459. The number of hydrogen-bond donors (Lipinski definition) is 1. The maximum absolute atomic E-state index is 13.3. The van der Waals surface area contributed by atoms with Crippen LogP contribution < -0.4 is 10.1 Å². The predicted molar refractivity (Wildman–Crippen MR) is 143 cm³/mol. The number of nitrogens with zero attached hydrogens (tertiary/aromatic N) is 3. The lowest BCUT2D eigenvalue weighted by atomic mass is 9.94. The van der Waals surface area contributed by atoms with Gasteiger partial charge in [0.25, 0.3) is 5.89 Å². The number of methoxy groups -OCH3 is 1. The smallest absolute Gasteiger partial charge is 0.322 e. The molecule has 5 rings (SSSR count). The average molecular weight is 495 g/mol. The molecule has 37 heavy (non-hydrogen) atoms. The Labute approximate surface area is 216 Å². The van der Waals surface area contributed by atoms with Gasteiger partial charge >= 0.3 is 6.03 Å². The summed E-state index contributed by atoms with van der Waals surface area (Å²) in [5.41, 5.74) is 5.72. The second kappa shape index (κ2) is 10.7. The lowest BCUT2D eigenvalue weighted by molar-refractivity contribution is 0.204. The molecule has 2 heterocycles. The highest BCUT2D eigenvalue weighted by atomic mass is 16.5. The average Bonchev–Trinajstić information content (AvgIpc) is 3.41. The molecule has 1 unspecified atom stereocenters. The molecule has 2 amide bonds. The first-order valence-electron chi connectivity index (χ1n) is 12.4. The molecular weight excluding hydrogens is 464 g/mol. The minimum Gasteiger partial charge on any atom is -0.497 e. The van der Waals surface area contributed by atoms with Gasteiger partial charge in [-0.1, -0.05) is 77.5 Å². The summed E-state index contributed by atoms with van der Waals surface area (Å²) in [7, 11) is 1.63. The summed E-state index contributed by atoms with van der Waals surface area (Å²) >= 11 is 0. The van der Waals surface area contributed by atoms with Crippen LogP contribution in [0, 0.1) is 6.92 Å². The van der Waals surface area contributed by atoms with Crippen molar-refractivity contribution in [2.75, 3.05) is 13.7 Å². The summed E-state index contributed by atoms with van der Waals surface area (Å²) < 4.78 is 11.2. The van der Waals surface area contributed by atoms with Crippen molar-refractivity contribution < 1.29 is 14.1 Å². The first-order chi connectivity index (χ1) is 18.0. The Morgan fingerprint density at radius 1 is 1.00 bits per heavy atom. The van der Waals surface area contributed by atoms with E-state index in [-0.39, 0.29) is 6.03 Å². The molecule has 0 saturated heterocycles. The van der Waals surface area contributed by atoms with E-state index in [2.05, 4.69) is 22.6 Å². The second-order valence-electron chi connectivity index (χ2n) is 9.19. The molecule has 0 bridgehead atoms. The van der Waals surface area contributed by atoms with Crippen LogP contribution >= 0.6 is 0 Å². The fourth-order valence-corrected chi connectivity index (χ4v) is 4.64. The van der Waals surface area contributed by atoms with Gasteiger partial charge in [-0.2, -0.15) is 4.98 Å². The molecule has 4 aromatic rings. The molecule has 0 aliphatic carbocycles. The van der Waals surface area contributed by atoms with Crippen molar-refractivity contribution in [2.45, 2.75) is 32.7 Å². The third-order valence-electron chi connectivity index (χ3n) is 6.68. The Morgan fingerprint density at radius 3 is 2.54 bits per heavy atom. The van der Waals surface area contributed by atoms with Crippen LogP contribution in [0.1, 0.15) is 42.0 Å². The van der Waals surface area contributed by atoms with E-state index in [1.54, 1.807) is 12.0 Å². The van der Waals surface area contributed by atoms with E-state index < -0.39 is 6.04 Å². The molecule has 1 aliphatic rings. The number of benzene rings is 3. The largest absolute Gasteiger partial charge is 0.497 e. The Kier molecular flexibility index (Phi) is 7.03. The number of hydrogen-bond acceptors (Lipinski definition) is 5. The fraction of sp³-hybridized carbons (Fsp3) is 0.233. The van der Waals surface area contributed by atoms with Crippen molar-refractivity contribution in [3.63, 3.8) is 0 Å². The van der Waals surface area contributed by atoms with Gasteiger partial charge in [0, 0.05) is 17.8 Å². The second-order valence-corrected chi connectivity index (χ2v) is 9.19. The lowest BCUT2D eigenvalue weighted by Gasteiger charge is -2.35. The first-order valence-corrected chi connectivity index (χ1v) is 12.4. The highest BCUT2D eigenvalue weighted by Crippen LogP contribution is 2.38. The number of nitrogens with one attached hydrogen (secondary N) is 1. The van der Waals surface area contributed by atoms with Gasteiger partial charge in [0.2, 0.25) is 5.82 Å². The van der Waals surface area contributed by atoms with Crippen LogP contribution in [-0.2, 0) is 6.42 Å². The van der Waals surface area contributed by atoms with Crippen LogP contribution in [0.2, 0.25) is 0 Å². The number of aromatic nitrogens is 2. The summed E-state index contributed by atoms with van der Waals surface area (Å²) in [6, 6.07) is 25.3. The van der Waals surface area contributed by atoms with Crippen LogP contribution in [0.4, 0.5) is 4.79 Å². The van der Waals surface area contributed by atoms with E-state index in [1.165, 1.54) is 5.56 Å². The van der Waals surface area contributed by atoms with Crippen molar-refractivity contribution in [1.82, 2.24) is 20.4 Å². The number of carbonyl (C=O) groups is 1. The minimum absolute atomic E-state index is 0.152. The third kappa shape index (κ3) is 5.26. The molecule has 0 saturated carbocycles. The molecule has 7 heteroatoms. The molecular formula is C30H30N4O3. The van der Waals surface area contributed by atoms with Crippen molar-refractivity contribution >= 4 is 11.6 Å². The fourth-order valence-electron chi connectivity index (χ4n) is 4.64. The zero-order valence-electron chi connectivity index (χ0n) is 21.3. The van der Waals surface area contributed by atoms with Gasteiger partial charge in [0.15, 0.2) is 0 Å². The molecule has 1 aromatic heterocycles. The number of carbonyl (C=O) groups excluding carboxylic acids is 1. The summed E-state index contributed by atoms with van der Waals surface area (Å²) in [5, 5.41) is 7.42. The Hall–Kier alpha value is -4.39. The van der Waals surface area contributed by atoms with Crippen molar-refractivity contribution in [3.05, 3.63) is 107 Å². The topological polar surface area (TPSA) is 80.5 Å². The Morgan fingerprint density at radius 2 is 1.78 bits per heavy atom. The van der Waals surface area contributed by atoms with Gasteiger partial charge in [0.05, 0.1) is 18.7 Å². The molecule has 188 valence electrons. The number of allylic oxidation sites excluding steroid dienone is 1. The molecule has 0 spiro atoms. The van der Waals surface area contributed by atoms with E-state index in [0.29, 0.717) is 24.0 Å². The highest BCUT2D eigenvalue weighted by molar-refractivity contribution is 5.87. The standard InChI is InChI=1S/C30H30N4O3/c1-20-14-16-23(17-15-20)28-32-29(37-33-28)26-21(2)34(18-8-11-22-9-5-4-6-10-22)30(35)31-27(26)24-12-7-13-25(19-24)36-3/h4-7,9-10,12-17,19,27H,8,11,18H2,1-3H3,(H,31,35). The quantitative estimate of drug-likeness (QED) is 0.316. The number of rotatable bonds is 8. The number of ether oxygens (including phenoxy) is 1. The maximum atomic E-state index is 13.3. The van der Waals surface area contributed by atoms with Gasteiger partial charge in [0.1, 0.15) is 5.75 Å².